The van der Waals surface area contributed by atoms with E-state index in [0.29, 0.717) is 5.92 Å². The number of allylic oxidation sites excluding steroid dienone is 1. The molecule has 4 rings (SSSR count). The fourth-order valence-corrected chi connectivity index (χ4v) is 4.86. The van der Waals surface area contributed by atoms with Gasteiger partial charge in [0.05, 0.1) is 12.3 Å². The summed E-state index contributed by atoms with van der Waals surface area (Å²) in [6.45, 7) is 0.502. The highest BCUT2D eigenvalue weighted by Gasteiger charge is 2.41. The number of halogens is 2. The summed E-state index contributed by atoms with van der Waals surface area (Å²) in [6.07, 6.45) is 5.05. The van der Waals surface area contributed by atoms with E-state index in [1.165, 1.54) is 6.08 Å². The number of carbonyl (C=O) groups is 1. The lowest BCUT2D eigenvalue weighted by Crippen LogP contribution is -2.40. The molecular formula is C18H24F2N2O4S. The van der Waals surface area contributed by atoms with Crippen molar-refractivity contribution in [3.05, 3.63) is 11.8 Å². The predicted molar refractivity (Wildman–Crippen MR) is 94.5 cm³/mol. The third-order valence-electron chi connectivity index (χ3n) is 5.67. The van der Waals surface area contributed by atoms with E-state index < -0.39 is 22.1 Å². The SMILES string of the molecule is O=C(OCC1CC1)C1=CC(C2CCC(F)(F)CC2)=NS(=O)(=O)N1CC1CC1. The quantitative estimate of drug-likeness (QED) is 0.640. The molecule has 4 aliphatic rings. The molecular weight excluding hydrogens is 378 g/mol. The van der Waals surface area contributed by atoms with Gasteiger partial charge in [-0.05, 0) is 56.4 Å². The van der Waals surface area contributed by atoms with Gasteiger partial charge in [-0.25, -0.2) is 17.9 Å². The van der Waals surface area contributed by atoms with Crippen LogP contribution in [0.15, 0.2) is 16.2 Å². The molecule has 27 heavy (non-hydrogen) atoms. The molecule has 0 aromatic carbocycles. The molecule has 0 bridgehead atoms. The molecule has 3 saturated carbocycles. The molecule has 0 radical (unpaired) electrons. The van der Waals surface area contributed by atoms with Crippen molar-refractivity contribution in [2.45, 2.75) is 57.3 Å². The van der Waals surface area contributed by atoms with Crippen LogP contribution < -0.4 is 0 Å². The standard InChI is InChI=1S/C18H24F2N2O4S/c19-18(20)7-5-14(6-8-18)15-9-16(17(23)26-11-13-3-4-13)22(10-12-1-2-12)27(24,25)21-15/h9,12-14H,1-8,10-11H2. The van der Waals surface area contributed by atoms with Gasteiger partial charge in [0.15, 0.2) is 0 Å². The van der Waals surface area contributed by atoms with Crippen molar-refractivity contribution >= 4 is 21.9 Å². The van der Waals surface area contributed by atoms with Gasteiger partial charge in [-0.2, -0.15) is 8.42 Å². The summed E-state index contributed by atoms with van der Waals surface area (Å²) in [4.78, 5) is 12.6. The maximum absolute atomic E-state index is 13.4. The molecule has 0 atom stereocenters. The first-order valence-corrected chi connectivity index (χ1v) is 11.0. The number of alkyl halides is 2. The van der Waals surface area contributed by atoms with Crippen LogP contribution in [0.2, 0.25) is 0 Å². The van der Waals surface area contributed by atoms with Gasteiger partial charge in [-0.1, -0.05) is 0 Å². The molecule has 0 amide bonds. The number of hydrogen-bond acceptors (Lipinski definition) is 4. The first kappa shape index (κ1) is 18.8. The fourth-order valence-electron chi connectivity index (χ4n) is 3.51. The van der Waals surface area contributed by atoms with Crippen LogP contribution in [0.3, 0.4) is 0 Å². The van der Waals surface area contributed by atoms with Crippen molar-refractivity contribution in [3.8, 4) is 0 Å². The number of hydrogen-bond donors (Lipinski definition) is 0. The van der Waals surface area contributed by atoms with E-state index in [1.807, 2.05) is 0 Å². The van der Waals surface area contributed by atoms with Gasteiger partial charge in [-0.3, -0.25) is 0 Å². The van der Waals surface area contributed by atoms with Gasteiger partial charge >= 0.3 is 16.2 Å². The molecule has 1 heterocycles. The van der Waals surface area contributed by atoms with Crippen molar-refractivity contribution in [3.63, 3.8) is 0 Å². The largest absolute Gasteiger partial charge is 0.461 e. The second-order valence-electron chi connectivity index (χ2n) is 8.17. The Bertz CT molecular complexity index is 775. The number of rotatable bonds is 6. The van der Waals surface area contributed by atoms with Gasteiger partial charge < -0.3 is 4.74 Å². The van der Waals surface area contributed by atoms with Crippen molar-refractivity contribution in [2.75, 3.05) is 13.2 Å². The minimum Gasteiger partial charge on any atom is -0.461 e. The van der Waals surface area contributed by atoms with Gasteiger partial charge in [0.25, 0.3) is 0 Å². The predicted octanol–water partition coefficient (Wildman–Crippen LogP) is 3.06. The minimum atomic E-state index is -4.06. The molecule has 0 aromatic heterocycles. The lowest BCUT2D eigenvalue weighted by Gasteiger charge is -2.32. The normalized spacial score (nSPS) is 27.7. The Morgan fingerprint density at radius 3 is 2.37 bits per heavy atom. The molecule has 0 unspecified atom stereocenters. The Morgan fingerprint density at radius 1 is 1.15 bits per heavy atom. The lowest BCUT2D eigenvalue weighted by atomic mass is 9.83. The maximum atomic E-state index is 13.4. The van der Waals surface area contributed by atoms with Crippen LogP contribution in [0.5, 0.6) is 0 Å². The van der Waals surface area contributed by atoms with Crippen LogP contribution in [0, 0.1) is 17.8 Å². The van der Waals surface area contributed by atoms with E-state index in [0.717, 1.165) is 30.0 Å². The molecule has 150 valence electrons. The summed E-state index contributed by atoms with van der Waals surface area (Å²) >= 11 is 0. The Labute approximate surface area is 157 Å². The summed E-state index contributed by atoms with van der Waals surface area (Å²) in [5, 5.41) is 0. The zero-order valence-corrected chi connectivity index (χ0v) is 15.9. The van der Waals surface area contributed by atoms with Crippen molar-refractivity contribution in [2.24, 2.45) is 22.2 Å². The molecule has 1 aliphatic heterocycles. The third kappa shape index (κ3) is 4.50. The summed E-state index contributed by atoms with van der Waals surface area (Å²) < 4.78 is 62.6. The topological polar surface area (TPSA) is 76.0 Å². The Morgan fingerprint density at radius 2 is 1.78 bits per heavy atom. The van der Waals surface area contributed by atoms with E-state index in [2.05, 4.69) is 4.40 Å². The van der Waals surface area contributed by atoms with E-state index in [9.17, 15) is 22.0 Å². The summed E-state index contributed by atoms with van der Waals surface area (Å²) in [6, 6.07) is 0. The summed E-state index contributed by atoms with van der Waals surface area (Å²) in [5.74, 6) is -3.17. The van der Waals surface area contributed by atoms with Gasteiger partial charge in [-0.15, -0.1) is 4.40 Å². The van der Waals surface area contributed by atoms with Gasteiger partial charge in [0, 0.05) is 25.3 Å². The summed E-state index contributed by atoms with van der Waals surface area (Å²) in [7, 11) is -4.06. The van der Waals surface area contributed by atoms with E-state index in [1.54, 1.807) is 0 Å². The average Bonchev–Trinajstić information content (AvgIpc) is 3.49. The van der Waals surface area contributed by atoms with Crippen LogP contribution in [0.1, 0.15) is 51.4 Å². The Kier molecular flexibility index (Phi) is 4.76. The Balaban J connectivity index is 1.57. The number of nitrogens with zero attached hydrogens (tertiary/aromatic N) is 2. The second kappa shape index (κ2) is 6.83. The molecule has 9 heteroatoms. The molecule has 3 aliphatic carbocycles. The monoisotopic (exact) mass is 402 g/mol. The molecule has 0 saturated heterocycles. The Hall–Kier alpha value is -1.51. The van der Waals surface area contributed by atoms with Crippen LogP contribution in [-0.4, -0.2) is 43.5 Å². The molecule has 6 nitrogen and oxygen atoms in total. The van der Waals surface area contributed by atoms with E-state index in [-0.39, 0.29) is 62.1 Å². The van der Waals surface area contributed by atoms with Crippen molar-refractivity contribution < 1.29 is 26.7 Å². The molecule has 0 aromatic rings. The first-order valence-electron chi connectivity index (χ1n) is 9.63. The van der Waals surface area contributed by atoms with Crippen molar-refractivity contribution in [1.29, 1.82) is 0 Å². The zero-order valence-electron chi connectivity index (χ0n) is 15.1. The minimum absolute atomic E-state index is 0.0233. The van der Waals surface area contributed by atoms with E-state index >= 15 is 0 Å². The van der Waals surface area contributed by atoms with Crippen LogP contribution in [-0.2, 0) is 19.7 Å². The average molecular weight is 402 g/mol. The van der Waals surface area contributed by atoms with Gasteiger partial charge in [0.1, 0.15) is 5.70 Å². The summed E-state index contributed by atoms with van der Waals surface area (Å²) in [5.41, 5.74) is 0.181. The molecule has 0 N–H and O–H groups in total. The fraction of sp³-hybridized carbons (Fsp3) is 0.778. The van der Waals surface area contributed by atoms with E-state index in [4.69, 9.17) is 4.74 Å². The zero-order chi connectivity index (χ0) is 19.2. The smallest absolute Gasteiger partial charge is 0.355 e. The molecule has 3 fully saturated rings. The number of carbonyl (C=O) groups excluding carboxylic acids is 1. The van der Waals surface area contributed by atoms with Gasteiger partial charge in [0.2, 0.25) is 5.92 Å². The van der Waals surface area contributed by atoms with Crippen LogP contribution in [0.25, 0.3) is 0 Å². The highest BCUT2D eigenvalue weighted by Crippen LogP contribution is 2.39. The highest BCUT2D eigenvalue weighted by atomic mass is 32.2. The molecule has 0 spiro atoms. The maximum Gasteiger partial charge on any atom is 0.355 e. The third-order valence-corrected chi connectivity index (χ3v) is 7.01. The number of esters is 1. The van der Waals surface area contributed by atoms with Crippen molar-refractivity contribution in [1.82, 2.24) is 4.31 Å². The highest BCUT2D eigenvalue weighted by molar-refractivity contribution is 7.88. The lowest BCUT2D eigenvalue weighted by molar-refractivity contribution is -0.140. The second-order valence-corrected chi connectivity index (χ2v) is 9.69. The van der Waals surface area contributed by atoms with Crippen LogP contribution >= 0.6 is 0 Å². The first-order chi connectivity index (χ1) is 12.7. The number of ether oxygens (including phenoxy) is 1. The van der Waals surface area contributed by atoms with Crippen LogP contribution in [0.4, 0.5) is 8.78 Å².